The fraction of sp³-hybridized carbons (Fsp3) is 0.400. The van der Waals surface area contributed by atoms with E-state index < -0.39 is 0 Å². The zero-order valence-corrected chi connectivity index (χ0v) is 13.4. The molecule has 0 radical (unpaired) electrons. The Labute approximate surface area is 128 Å². The molecule has 2 rings (SSSR count). The molecule has 0 aliphatic rings. The van der Waals surface area contributed by atoms with Crippen molar-refractivity contribution in [3.8, 4) is 0 Å². The summed E-state index contributed by atoms with van der Waals surface area (Å²) in [5.74, 6) is -0.156. The average Bonchev–Trinajstić information content (AvgIpc) is 2.93. The summed E-state index contributed by atoms with van der Waals surface area (Å²) in [5, 5.41) is 15.6. The number of aromatic nitrogens is 2. The molecule has 21 heavy (non-hydrogen) atoms. The van der Waals surface area contributed by atoms with Gasteiger partial charge in [0, 0.05) is 12.2 Å². The van der Waals surface area contributed by atoms with E-state index in [-0.39, 0.29) is 5.91 Å². The molecule has 1 amide bonds. The molecule has 5 nitrogen and oxygen atoms in total. The van der Waals surface area contributed by atoms with Gasteiger partial charge in [-0.3, -0.25) is 10.1 Å². The molecule has 0 spiro atoms. The summed E-state index contributed by atoms with van der Waals surface area (Å²) in [6.07, 6.45) is 1.83. The van der Waals surface area contributed by atoms with E-state index in [0.29, 0.717) is 10.7 Å². The molecular weight excluding hydrogens is 284 g/mol. The number of rotatable bonds is 6. The smallest absolute Gasteiger partial charge is 0.259 e. The SMILES string of the molecule is CCCNc1ccc(C)cc1C(=O)Nc1nnc(CC)s1. The highest BCUT2D eigenvalue weighted by molar-refractivity contribution is 7.15. The van der Waals surface area contributed by atoms with Crippen LogP contribution < -0.4 is 10.6 Å². The number of carbonyl (C=O) groups excluding carboxylic acids is 1. The molecule has 1 aromatic heterocycles. The van der Waals surface area contributed by atoms with Crippen molar-refractivity contribution >= 4 is 28.1 Å². The van der Waals surface area contributed by atoms with E-state index in [4.69, 9.17) is 0 Å². The number of nitrogens with zero attached hydrogens (tertiary/aromatic N) is 2. The Morgan fingerprint density at radius 2 is 2.10 bits per heavy atom. The third-order valence-corrected chi connectivity index (χ3v) is 3.96. The Kier molecular flexibility index (Phi) is 5.27. The number of benzene rings is 1. The summed E-state index contributed by atoms with van der Waals surface area (Å²) >= 11 is 1.41. The second-order valence-corrected chi connectivity index (χ2v) is 5.85. The van der Waals surface area contributed by atoms with Crippen molar-refractivity contribution in [3.05, 3.63) is 34.3 Å². The molecular formula is C15H20N4OS. The van der Waals surface area contributed by atoms with Crippen LogP contribution in [0.5, 0.6) is 0 Å². The van der Waals surface area contributed by atoms with Gasteiger partial charge in [-0.1, -0.05) is 36.8 Å². The molecule has 0 fully saturated rings. The molecule has 1 aromatic carbocycles. The van der Waals surface area contributed by atoms with Crippen molar-refractivity contribution in [1.29, 1.82) is 0 Å². The summed E-state index contributed by atoms with van der Waals surface area (Å²) in [5.41, 5.74) is 2.53. The van der Waals surface area contributed by atoms with Crippen LogP contribution >= 0.6 is 11.3 Å². The monoisotopic (exact) mass is 304 g/mol. The molecule has 0 bridgehead atoms. The Bertz CT molecular complexity index is 624. The van der Waals surface area contributed by atoms with E-state index in [1.165, 1.54) is 11.3 Å². The van der Waals surface area contributed by atoms with E-state index in [9.17, 15) is 4.79 Å². The lowest BCUT2D eigenvalue weighted by Gasteiger charge is -2.11. The molecule has 0 aliphatic carbocycles. The van der Waals surface area contributed by atoms with Crippen LogP contribution in [0, 0.1) is 6.92 Å². The first-order chi connectivity index (χ1) is 10.1. The van der Waals surface area contributed by atoms with Crippen LogP contribution in [-0.2, 0) is 6.42 Å². The van der Waals surface area contributed by atoms with Crippen molar-refractivity contribution in [2.75, 3.05) is 17.2 Å². The number of hydrogen-bond donors (Lipinski definition) is 2. The number of amides is 1. The van der Waals surface area contributed by atoms with Gasteiger partial charge in [-0.2, -0.15) is 0 Å². The lowest BCUT2D eigenvalue weighted by molar-refractivity contribution is 0.102. The Morgan fingerprint density at radius 3 is 2.76 bits per heavy atom. The number of anilines is 2. The minimum atomic E-state index is -0.156. The first-order valence-corrected chi connectivity index (χ1v) is 7.94. The van der Waals surface area contributed by atoms with E-state index >= 15 is 0 Å². The van der Waals surface area contributed by atoms with Gasteiger partial charge >= 0.3 is 0 Å². The normalized spacial score (nSPS) is 10.4. The zero-order chi connectivity index (χ0) is 15.2. The Balaban J connectivity index is 2.18. The highest BCUT2D eigenvalue weighted by Crippen LogP contribution is 2.21. The van der Waals surface area contributed by atoms with Gasteiger partial charge in [-0.25, -0.2) is 0 Å². The zero-order valence-electron chi connectivity index (χ0n) is 12.6. The number of aryl methyl sites for hydroxylation is 2. The Morgan fingerprint density at radius 1 is 1.29 bits per heavy atom. The van der Waals surface area contributed by atoms with Crippen LogP contribution in [0.1, 0.15) is 41.2 Å². The van der Waals surface area contributed by atoms with E-state index in [1.807, 2.05) is 32.0 Å². The van der Waals surface area contributed by atoms with Crippen LogP contribution in [0.2, 0.25) is 0 Å². The van der Waals surface area contributed by atoms with Crippen LogP contribution in [-0.4, -0.2) is 22.6 Å². The largest absolute Gasteiger partial charge is 0.384 e. The van der Waals surface area contributed by atoms with Gasteiger partial charge in [0.25, 0.3) is 5.91 Å². The van der Waals surface area contributed by atoms with Crippen molar-refractivity contribution < 1.29 is 4.79 Å². The molecule has 2 N–H and O–H groups in total. The minimum Gasteiger partial charge on any atom is -0.384 e. The Hall–Kier alpha value is -1.95. The molecule has 0 atom stereocenters. The molecule has 0 saturated carbocycles. The fourth-order valence-electron chi connectivity index (χ4n) is 1.87. The molecule has 0 saturated heterocycles. The summed E-state index contributed by atoms with van der Waals surface area (Å²) in [7, 11) is 0. The van der Waals surface area contributed by atoms with Gasteiger partial charge < -0.3 is 5.32 Å². The predicted octanol–water partition coefficient (Wildman–Crippen LogP) is 3.48. The van der Waals surface area contributed by atoms with Gasteiger partial charge in [0.1, 0.15) is 5.01 Å². The van der Waals surface area contributed by atoms with Crippen LogP contribution in [0.15, 0.2) is 18.2 Å². The van der Waals surface area contributed by atoms with Gasteiger partial charge in [-0.15, -0.1) is 10.2 Å². The molecule has 6 heteroatoms. The molecule has 112 valence electrons. The van der Waals surface area contributed by atoms with E-state index in [0.717, 1.165) is 35.6 Å². The van der Waals surface area contributed by atoms with Gasteiger partial charge in [0.15, 0.2) is 0 Å². The maximum Gasteiger partial charge on any atom is 0.259 e. The number of hydrogen-bond acceptors (Lipinski definition) is 5. The maximum atomic E-state index is 12.4. The van der Waals surface area contributed by atoms with Gasteiger partial charge in [0.05, 0.1) is 5.56 Å². The van der Waals surface area contributed by atoms with E-state index in [1.54, 1.807) is 0 Å². The topological polar surface area (TPSA) is 66.9 Å². The van der Waals surface area contributed by atoms with Crippen LogP contribution in [0.3, 0.4) is 0 Å². The molecule has 1 heterocycles. The van der Waals surface area contributed by atoms with Gasteiger partial charge in [-0.05, 0) is 31.9 Å². The lowest BCUT2D eigenvalue weighted by atomic mass is 10.1. The molecule has 0 unspecified atom stereocenters. The summed E-state index contributed by atoms with van der Waals surface area (Å²) in [6.45, 7) is 6.91. The third kappa shape index (κ3) is 4.01. The first-order valence-electron chi connectivity index (χ1n) is 7.12. The van der Waals surface area contributed by atoms with E-state index in [2.05, 4.69) is 27.8 Å². The second kappa shape index (κ2) is 7.17. The standard InChI is InChI=1S/C15H20N4OS/c1-4-8-16-12-7-6-10(3)9-11(12)14(20)17-15-19-18-13(5-2)21-15/h6-7,9,16H,4-5,8H2,1-3H3,(H,17,19,20). The predicted molar refractivity (Wildman–Crippen MR) is 87.2 cm³/mol. The van der Waals surface area contributed by atoms with Crippen LogP contribution in [0.25, 0.3) is 0 Å². The van der Waals surface area contributed by atoms with Crippen LogP contribution in [0.4, 0.5) is 10.8 Å². The quantitative estimate of drug-likeness (QED) is 0.857. The summed E-state index contributed by atoms with van der Waals surface area (Å²) in [4.78, 5) is 12.4. The summed E-state index contributed by atoms with van der Waals surface area (Å²) < 4.78 is 0. The first kappa shape index (κ1) is 15.4. The maximum absolute atomic E-state index is 12.4. The highest BCUT2D eigenvalue weighted by Gasteiger charge is 2.14. The minimum absolute atomic E-state index is 0.156. The lowest BCUT2D eigenvalue weighted by Crippen LogP contribution is -2.15. The van der Waals surface area contributed by atoms with Crippen molar-refractivity contribution in [1.82, 2.24) is 10.2 Å². The van der Waals surface area contributed by atoms with Crippen molar-refractivity contribution in [3.63, 3.8) is 0 Å². The molecule has 2 aromatic rings. The van der Waals surface area contributed by atoms with Gasteiger partial charge in [0.2, 0.25) is 5.13 Å². The summed E-state index contributed by atoms with van der Waals surface area (Å²) in [6, 6.07) is 5.82. The number of carbonyl (C=O) groups is 1. The van der Waals surface area contributed by atoms with Crippen molar-refractivity contribution in [2.45, 2.75) is 33.6 Å². The van der Waals surface area contributed by atoms with Crippen molar-refractivity contribution in [2.24, 2.45) is 0 Å². The average molecular weight is 304 g/mol. The fourth-order valence-corrected chi connectivity index (χ4v) is 2.55. The highest BCUT2D eigenvalue weighted by atomic mass is 32.1. The number of nitrogens with one attached hydrogen (secondary N) is 2. The second-order valence-electron chi connectivity index (χ2n) is 4.78. The molecule has 0 aliphatic heterocycles. The third-order valence-electron chi connectivity index (χ3n) is 2.97.